The van der Waals surface area contributed by atoms with Gasteiger partial charge in [-0.3, -0.25) is 0 Å². The molecule has 0 aliphatic rings. The fraction of sp³-hybridized carbons (Fsp3) is 0.286. The average Bonchev–Trinajstić information content (AvgIpc) is 2.71. The standard InChI is InChI=1S/C14H15Cl2NS/c1-9-3-4-14(18-9)10(2)17-8-11-5-12(15)7-13(16)6-11/h3-7,10,17H,8H2,1-2H3. The second-order valence-electron chi connectivity index (χ2n) is 4.33. The van der Waals surface area contributed by atoms with Crippen LogP contribution in [0, 0.1) is 6.92 Å². The van der Waals surface area contributed by atoms with Crippen LogP contribution in [0.15, 0.2) is 30.3 Å². The maximum atomic E-state index is 5.98. The third kappa shape index (κ3) is 3.72. The van der Waals surface area contributed by atoms with Crippen molar-refractivity contribution in [2.75, 3.05) is 0 Å². The Morgan fingerprint density at radius 2 is 1.83 bits per heavy atom. The molecule has 1 nitrogen and oxygen atoms in total. The van der Waals surface area contributed by atoms with E-state index >= 15 is 0 Å². The van der Waals surface area contributed by atoms with Gasteiger partial charge in [0.1, 0.15) is 0 Å². The van der Waals surface area contributed by atoms with Gasteiger partial charge in [-0.25, -0.2) is 0 Å². The number of benzene rings is 1. The summed E-state index contributed by atoms with van der Waals surface area (Å²) < 4.78 is 0. The van der Waals surface area contributed by atoms with E-state index in [9.17, 15) is 0 Å². The molecule has 1 aromatic carbocycles. The van der Waals surface area contributed by atoms with Crippen molar-refractivity contribution in [2.45, 2.75) is 26.4 Å². The Labute approximate surface area is 122 Å². The third-order valence-electron chi connectivity index (χ3n) is 2.72. The van der Waals surface area contributed by atoms with E-state index in [-0.39, 0.29) is 0 Å². The highest BCUT2D eigenvalue weighted by atomic mass is 35.5. The van der Waals surface area contributed by atoms with E-state index in [2.05, 4.69) is 31.3 Å². The molecular formula is C14H15Cl2NS. The quantitative estimate of drug-likeness (QED) is 0.817. The molecule has 1 atom stereocenters. The molecule has 0 radical (unpaired) electrons. The fourth-order valence-corrected chi connectivity index (χ4v) is 3.25. The Bertz CT molecular complexity index is 516. The lowest BCUT2D eigenvalue weighted by Crippen LogP contribution is -2.17. The van der Waals surface area contributed by atoms with Gasteiger partial charge in [-0.15, -0.1) is 11.3 Å². The predicted molar refractivity (Wildman–Crippen MR) is 80.8 cm³/mol. The number of hydrogen-bond acceptors (Lipinski definition) is 2. The van der Waals surface area contributed by atoms with Crippen molar-refractivity contribution < 1.29 is 0 Å². The van der Waals surface area contributed by atoms with Gasteiger partial charge in [0.05, 0.1) is 0 Å². The lowest BCUT2D eigenvalue weighted by molar-refractivity contribution is 0.583. The molecule has 1 unspecified atom stereocenters. The molecule has 96 valence electrons. The Balaban J connectivity index is 1.99. The van der Waals surface area contributed by atoms with Gasteiger partial charge in [-0.2, -0.15) is 0 Å². The number of halogens is 2. The monoisotopic (exact) mass is 299 g/mol. The van der Waals surface area contributed by atoms with E-state index in [4.69, 9.17) is 23.2 Å². The van der Waals surface area contributed by atoms with Crippen LogP contribution in [0.4, 0.5) is 0 Å². The molecule has 1 aromatic heterocycles. The number of thiophene rings is 1. The number of rotatable bonds is 4. The topological polar surface area (TPSA) is 12.0 Å². The minimum Gasteiger partial charge on any atom is -0.305 e. The van der Waals surface area contributed by atoms with Gasteiger partial charge in [0.2, 0.25) is 0 Å². The molecule has 0 amide bonds. The van der Waals surface area contributed by atoms with Gasteiger partial charge < -0.3 is 5.32 Å². The summed E-state index contributed by atoms with van der Waals surface area (Å²) in [5, 5.41) is 4.84. The zero-order valence-electron chi connectivity index (χ0n) is 10.3. The first kappa shape index (κ1) is 13.9. The van der Waals surface area contributed by atoms with E-state index in [1.807, 2.05) is 23.5 Å². The smallest absolute Gasteiger partial charge is 0.0424 e. The van der Waals surface area contributed by atoms with E-state index < -0.39 is 0 Å². The summed E-state index contributed by atoms with van der Waals surface area (Å²) in [6.45, 7) is 5.05. The van der Waals surface area contributed by atoms with E-state index in [1.165, 1.54) is 9.75 Å². The third-order valence-corrected chi connectivity index (χ3v) is 4.34. The zero-order chi connectivity index (χ0) is 13.1. The summed E-state index contributed by atoms with van der Waals surface area (Å²) in [4.78, 5) is 2.69. The molecule has 18 heavy (non-hydrogen) atoms. The lowest BCUT2D eigenvalue weighted by atomic mass is 10.2. The summed E-state index contributed by atoms with van der Waals surface area (Å²) in [5.74, 6) is 0. The summed E-state index contributed by atoms with van der Waals surface area (Å²) in [6.07, 6.45) is 0. The summed E-state index contributed by atoms with van der Waals surface area (Å²) >= 11 is 13.8. The number of aryl methyl sites for hydroxylation is 1. The van der Waals surface area contributed by atoms with Crippen molar-refractivity contribution in [1.82, 2.24) is 5.32 Å². The minimum absolute atomic E-state index is 0.335. The first-order valence-corrected chi connectivity index (χ1v) is 7.36. The van der Waals surface area contributed by atoms with E-state index in [0.717, 1.165) is 12.1 Å². The molecule has 2 rings (SSSR count). The van der Waals surface area contributed by atoms with Gasteiger partial charge >= 0.3 is 0 Å². The molecule has 1 heterocycles. The van der Waals surface area contributed by atoms with Crippen LogP contribution in [0.1, 0.15) is 28.3 Å². The van der Waals surface area contributed by atoms with Crippen molar-refractivity contribution in [2.24, 2.45) is 0 Å². The van der Waals surface area contributed by atoms with Crippen LogP contribution in [0.3, 0.4) is 0 Å². The Morgan fingerprint density at radius 1 is 1.17 bits per heavy atom. The highest BCUT2D eigenvalue weighted by Gasteiger charge is 2.07. The largest absolute Gasteiger partial charge is 0.305 e. The molecule has 4 heteroatoms. The molecule has 0 spiro atoms. The van der Waals surface area contributed by atoms with Crippen molar-refractivity contribution in [3.8, 4) is 0 Å². The normalized spacial score (nSPS) is 12.7. The first-order chi connectivity index (χ1) is 8.54. The Morgan fingerprint density at radius 3 is 2.39 bits per heavy atom. The van der Waals surface area contributed by atoms with Gasteiger partial charge in [-0.1, -0.05) is 23.2 Å². The van der Waals surface area contributed by atoms with Gasteiger partial charge in [0.25, 0.3) is 0 Å². The lowest BCUT2D eigenvalue weighted by Gasteiger charge is -2.12. The summed E-state index contributed by atoms with van der Waals surface area (Å²) in [6, 6.07) is 10.3. The van der Waals surface area contributed by atoms with Crippen LogP contribution in [0.5, 0.6) is 0 Å². The SMILES string of the molecule is Cc1ccc(C(C)NCc2cc(Cl)cc(Cl)c2)s1. The van der Waals surface area contributed by atoms with Crippen LogP contribution >= 0.6 is 34.5 Å². The molecule has 0 saturated heterocycles. The van der Waals surface area contributed by atoms with E-state index in [0.29, 0.717) is 16.1 Å². The second kappa shape index (κ2) is 6.07. The Kier molecular flexibility index (Phi) is 4.68. The van der Waals surface area contributed by atoms with Crippen LogP contribution in [0.2, 0.25) is 10.0 Å². The summed E-state index contributed by atoms with van der Waals surface area (Å²) in [5.41, 5.74) is 1.10. The molecule has 0 fully saturated rings. The molecule has 0 aliphatic carbocycles. The summed E-state index contributed by atoms with van der Waals surface area (Å²) in [7, 11) is 0. The van der Waals surface area contributed by atoms with Crippen LogP contribution < -0.4 is 5.32 Å². The molecule has 0 saturated carbocycles. The van der Waals surface area contributed by atoms with E-state index in [1.54, 1.807) is 6.07 Å². The molecule has 0 bridgehead atoms. The van der Waals surface area contributed by atoms with Gasteiger partial charge in [0, 0.05) is 32.4 Å². The predicted octanol–water partition coefficient (Wildman–Crippen LogP) is 5.21. The first-order valence-electron chi connectivity index (χ1n) is 5.79. The highest BCUT2D eigenvalue weighted by molar-refractivity contribution is 7.12. The number of hydrogen-bond donors (Lipinski definition) is 1. The molecule has 1 N–H and O–H groups in total. The van der Waals surface area contributed by atoms with Crippen molar-refractivity contribution in [3.05, 3.63) is 55.7 Å². The van der Waals surface area contributed by atoms with Crippen molar-refractivity contribution in [1.29, 1.82) is 0 Å². The van der Waals surface area contributed by atoms with Gasteiger partial charge in [-0.05, 0) is 49.7 Å². The maximum absolute atomic E-state index is 5.98. The molecule has 2 aromatic rings. The Hall–Kier alpha value is -0.540. The van der Waals surface area contributed by atoms with Crippen LogP contribution in [0.25, 0.3) is 0 Å². The highest BCUT2D eigenvalue weighted by Crippen LogP contribution is 2.23. The molecular weight excluding hydrogens is 285 g/mol. The van der Waals surface area contributed by atoms with Gasteiger partial charge in [0.15, 0.2) is 0 Å². The second-order valence-corrected chi connectivity index (χ2v) is 6.52. The average molecular weight is 300 g/mol. The number of nitrogens with one attached hydrogen (secondary N) is 1. The minimum atomic E-state index is 0.335. The maximum Gasteiger partial charge on any atom is 0.0424 e. The van der Waals surface area contributed by atoms with Crippen molar-refractivity contribution in [3.63, 3.8) is 0 Å². The zero-order valence-corrected chi connectivity index (χ0v) is 12.7. The molecule has 0 aliphatic heterocycles. The van der Waals surface area contributed by atoms with Crippen LogP contribution in [-0.2, 0) is 6.54 Å². The fourth-order valence-electron chi connectivity index (χ4n) is 1.77. The van der Waals surface area contributed by atoms with Crippen molar-refractivity contribution >= 4 is 34.5 Å². The van der Waals surface area contributed by atoms with Crippen LogP contribution in [-0.4, -0.2) is 0 Å².